The Kier molecular flexibility index (Phi) is 11.3. The molecule has 1 aliphatic heterocycles. The molecule has 0 radical (unpaired) electrons. The number of hydrogen-bond acceptors (Lipinski definition) is 3. The van der Waals surface area contributed by atoms with Gasteiger partial charge in [-0.05, 0) is 37.5 Å². The highest BCUT2D eigenvalue weighted by Gasteiger charge is 2.27. The van der Waals surface area contributed by atoms with Crippen LogP contribution in [-0.4, -0.2) is 50.9 Å². The smallest absolute Gasteiger partial charge is 0.372 e. The summed E-state index contributed by atoms with van der Waals surface area (Å²) in [5.74, 6) is 0.751. The molecule has 1 aromatic carbocycles. The summed E-state index contributed by atoms with van der Waals surface area (Å²) in [5, 5.41) is 6.17. The zero-order valence-corrected chi connectivity index (χ0v) is 18.8. The van der Waals surface area contributed by atoms with Gasteiger partial charge in [-0.2, -0.15) is 13.2 Å². The van der Waals surface area contributed by atoms with Gasteiger partial charge >= 0.3 is 6.18 Å². The normalized spacial score (nSPS) is 14.7. The van der Waals surface area contributed by atoms with Gasteiger partial charge in [0.2, 0.25) is 5.91 Å². The van der Waals surface area contributed by atoms with Gasteiger partial charge in [-0.1, -0.05) is 12.1 Å². The molecule has 1 aromatic rings. The highest BCUT2D eigenvalue weighted by Crippen LogP contribution is 2.21. The topological polar surface area (TPSA) is 66.0 Å². The minimum absolute atomic E-state index is 0. The molecular formula is C19H28F3IN4O2. The van der Waals surface area contributed by atoms with Crippen LogP contribution in [0.1, 0.15) is 31.7 Å². The summed E-state index contributed by atoms with van der Waals surface area (Å²) < 4.78 is 40.6. The number of nitrogens with one attached hydrogen (secondary N) is 2. The van der Waals surface area contributed by atoms with E-state index in [4.69, 9.17) is 0 Å². The maximum absolute atomic E-state index is 12.0. The quantitative estimate of drug-likeness (QED) is 0.223. The Balaban J connectivity index is 0.00000420. The van der Waals surface area contributed by atoms with Gasteiger partial charge in [0.1, 0.15) is 6.61 Å². The molecule has 1 amide bonds. The van der Waals surface area contributed by atoms with Crippen molar-refractivity contribution in [3.05, 3.63) is 29.8 Å². The molecule has 29 heavy (non-hydrogen) atoms. The van der Waals surface area contributed by atoms with E-state index in [1.165, 1.54) is 0 Å². The van der Waals surface area contributed by atoms with E-state index in [9.17, 15) is 18.0 Å². The number of aliphatic imine (C=N–C) groups is 1. The van der Waals surface area contributed by atoms with Crippen LogP contribution in [0.15, 0.2) is 29.3 Å². The van der Waals surface area contributed by atoms with Crippen LogP contribution in [0.2, 0.25) is 0 Å². The summed E-state index contributed by atoms with van der Waals surface area (Å²) in [4.78, 5) is 18.1. The lowest BCUT2D eigenvalue weighted by Gasteiger charge is -2.16. The molecule has 0 saturated carbocycles. The lowest BCUT2D eigenvalue weighted by molar-refractivity contribution is -0.173. The van der Waals surface area contributed by atoms with Crippen LogP contribution in [0.25, 0.3) is 0 Å². The highest BCUT2D eigenvalue weighted by molar-refractivity contribution is 14.0. The summed E-state index contributed by atoms with van der Waals surface area (Å²) in [6.07, 6.45) is -2.35. The van der Waals surface area contributed by atoms with Crippen LogP contribution in [0.4, 0.5) is 18.9 Å². The summed E-state index contributed by atoms with van der Waals surface area (Å²) in [6, 6.07) is 7.73. The van der Waals surface area contributed by atoms with Crippen LogP contribution in [-0.2, 0) is 16.1 Å². The molecule has 1 aliphatic rings. The fourth-order valence-electron chi connectivity index (χ4n) is 2.78. The largest absolute Gasteiger partial charge is 0.411 e. The van der Waals surface area contributed by atoms with Crippen molar-refractivity contribution in [2.75, 3.05) is 37.7 Å². The molecule has 0 aromatic heterocycles. The van der Waals surface area contributed by atoms with Crippen LogP contribution in [0.3, 0.4) is 0 Å². The van der Waals surface area contributed by atoms with Crippen molar-refractivity contribution in [1.82, 2.24) is 10.6 Å². The maximum atomic E-state index is 12.0. The first-order valence-corrected chi connectivity index (χ1v) is 9.45. The second-order valence-corrected chi connectivity index (χ2v) is 6.46. The van der Waals surface area contributed by atoms with E-state index in [1.807, 2.05) is 31.2 Å². The van der Waals surface area contributed by atoms with Crippen molar-refractivity contribution in [1.29, 1.82) is 0 Å². The van der Waals surface area contributed by atoms with Gasteiger partial charge in [-0.3, -0.25) is 4.79 Å². The second kappa shape index (κ2) is 12.9. The average molecular weight is 528 g/mol. The number of halogens is 4. The number of guanidine groups is 1. The van der Waals surface area contributed by atoms with Gasteiger partial charge in [0.25, 0.3) is 0 Å². The van der Waals surface area contributed by atoms with E-state index < -0.39 is 12.8 Å². The molecule has 10 heteroatoms. The molecular weight excluding hydrogens is 500 g/mol. The number of nitrogens with zero attached hydrogens (tertiary/aromatic N) is 2. The number of hydrogen-bond donors (Lipinski definition) is 2. The van der Waals surface area contributed by atoms with Gasteiger partial charge in [-0.25, -0.2) is 4.99 Å². The third kappa shape index (κ3) is 9.66. The lowest BCUT2D eigenvalue weighted by Crippen LogP contribution is -2.38. The number of anilines is 1. The fraction of sp³-hybridized carbons (Fsp3) is 0.579. The molecule has 1 saturated heterocycles. The van der Waals surface area contributed by atoms with E-state index in [2.05, 4.69) is 20.4 Å². The molecule has 0 unspecified atom stereocenters. The monoisotopic (exact) mass is 528 g/mol. The Bertz CT molecular complexity index is 654. The third-order valence-electron chi connectivity index (χ3n) is 4.11. The van der Waals surface area contributed by atoms with Crippen molar-refractivity contribution in [3.63, 3.8) is 0 Å². The van der Waals surface area contributed by atoms with E-state index in [0.717, 1.165) is 24.2 Å². The second-order valence-electron chi connectivity index (χ2n) is 6.46. The van der Waals surface area contributed by atoms with E-state index in [0.29, 0.717) is 38.4 Å². The van der Waals surface area contributed by atoms with Crippen molar-refractivity contribution in [3.8, 4) is 0 Å². The number of benzene rings is 1. The minimum atomic E-state index is -4.29. The van der Waals surface area contributed by atoms with Crippen molar-refractivity contribution < 1.29 is 22.7 Å². The van der Waals surface area contributed by atoms with Crippen LogP contribution < -0.4 is 15.5 Å². The standard InChI is InChI=1S/C19H27F3N4O2.HI/c1-2-23-18(24-10-4-12-28-14-19(20,21)22)25-13-15-6-8-16(9-7-15)26-11-3-5-17(26)27;/h6-9H,2-5,10-14H2,1H3,(H2,23,24,25);1H. The van der Waals surface area contributed by atoms with Gasteiger partial charge in [0, 0.05) is 38.3 Å². The SMILES string of the molecule is CCNC(=NCc1ccc(N2CCCC2=O)cc1)NCCCOCC(F)(F)F.I. The average Bonchev–Trinajstić information content (AvgIpc) is 3.08. The number of alkyl halides is 3. The number of rotatable bonds is 9. The van der Waals surface area contributed by atoms with Crippen LogP contribution in [0.5, 0.6) is 0 Å². The highest BCUT2D eigenvalue weighted by atomic mass is 127. The molecule has 1 heterocycles. The van der Waals surface area contributed by atoms with Crippen LogP contribution in [0, 0.1) is 0 Å². The van der Waals surface area contributed by atoms with Crippen LogP contribution >= 0.6 is 24.0 Å². The molecule has 0 aliphatic carbocycles. The molecule has 2 rings (SSSR count). The summed E-state index contributed by atoms with van der Waals surface area (Å²) in [6.45, 7) is 3.09. The van der Waals surface area contributed by atoms with Gasteiger partial charge < -0.3 is 20.3 Å². The van der Waals surface area contributed by atoms with E-state index in [1.54, 1.807) is 4.90 Å². The fourth-order valence-corrected chi connectivity index (χ4v) is 2.78. The number of carbonyl (C=O) groups excluding carboxylic acids is 1. The predicted molar refractivity (Wildman–Crippen MR) is 118 cm³/mol. The molecule has 0 spiro atoms. The van der Waals surface area contributed by atoms with Gasteiger partial charge in [0.05, 0.1) is 6.54 Å². The van der Waals surface area contributed by atoms with Gasteiger partial charge in [-0.15, -0.1) is 24.0 Å². The molecule has 164 valence electrons. The van der Waals surface area contributed by atoms with Gasteiger partial charge in [0.15, 0.2) is 5.96 Å². The predicted octanol–water partition coefficient (Wildman–Crippen LogP) is 3.46. The Morgan fingerprint density at radius 1 is 1.24 bits per heavy atom. The summed E-state index contributed by atoms with van der Waals surface area (Å²) >= 11 is 0. The first-order chi connectivity index (χ1) is 13.4. The van der Waals surface area contributed by atoms with Crippen molar-refractivity contribution >= 4 is 41.5 Å². The Labute approximate surface area is 186 Å². The minimum Gasteiger partial charge on any atom is -0.372 e. The number of ether oxygens (including phenoxy) is 1. The number of amides is 1. The molecule has 0 atom stereocenters. The molecule has 2 N–H and O–H groups in total. The third-order valence-corrected chi connectivity index (χ3v) is 4.11. The molecule has 6 nitrogen and oxygen atoms in total. The van der Waals surface area contributed by atoms with Crippen molar-refractivity contribution in [2.45, 2.75) is 38.9 Å². The van der Waals surface area contributed by atoms with E-state index in [-0.39, 0.29) is 36.5 Å². The zero-order valence-electron chi connectivity index (χ0n) is 16.4. The Hall–Kier alpha value is -1.56. The maximum Gasteiger partial charge on any atom is 0.411 e. The van der Waals surface area contributed by atoms with E-state index >= 15 is 0 Å². The lowest BCUT2D eigenvalue weighted by atomic mass is 10.2. The van der Waals surface area contributed by atoms with Crippen molar-refractivity contribution in [2.24, 2.45) is 4.99 Å². The zero-order chi connectivity index (χ0) is 20.4. The molecule has 1 fully saturated rings. The number of carbonyl (C=O) groups is 1. The Morgan fingerprint density at radius 2 is 1.97 bits per heavy atom. The Morgan fingerprint density at radius 3 is 2.55 bits per heavy atom. The first kappa shape index (κ1) is 25.5. The first-order valence-electron chi connectivity index (χ1n) is 9.45. The molecule has 0 bridgehead atoms. The summed E-state index contributed by atoms with van der Waals surface area (Å²) in [5.41, 5.74) is 1.90. The summed E-state index contributed by atoms with van der Waals surface area (Å²) in [7, 11) is 0.